The smallest absolute Gasteiger partial charge is 0.254 e. The van der Waals surface area contributed by atoms with E-state index in [-0.39, 0.29) is 18.7 Å². The first-order chi connectivity index (χ1) is 12.6. The Morgan fingerprint density at radius 3 is 2.88 bits per heavy atom. The van der Waals surface area contributed by atoms with Gasteiger partial charge in [-0.25, -0.2) is 0 Å². The molecular weight excluding hydrogens is 336 g/mol. The van der Waals surface area contributed by atoms with Crippen LogP contribution in [0.5, 0.6) is 11.5 Å². The van der Waals surface area contributed by atoms with Crippen LogP contribution in [0.25, 0.3) is 0 Å². The lowest BCUT2D eigenvalue weighted by Crippen LogP contribution is -2.44. The molecule has 5 rings (SSSR count). The second-order valence-corrected chi connectivity index (χ2v) is 7.19. The molecule has 0 spiro atoms. The average molecular weight is 356 g/mol. The molecule has 1 atom stereocenters. The second kappa shape index (κ2) is 5.70. The summed E-state index contributed by atoms with van der Waals surface area (Å²) >= 11 is 0. The quantitative estimate of drug-likeness (QED) is 0.898. The maximum Gasteiger partial charge on any atom is 0.254 e. The van der Waals surface area contributed by atoms with Crippen LogP contribution < -0.4 is 15.2 Å². The zero-order valence-electron chi connectivity index (χ0n) is 14.3. The van der Waals surface area contributed by atoms with Crippen molar-refractivity contribution in [2.75, 3.05) is 13.3 Å². The SMILES string of the molecule is NC1(c2noc(C3CCCN3C(=O)c3ccc4c(c3)OCO4)n2)CCC1. The van der Waals surface area contributed by atoms with E-state index in [1.54, 1.807) is 23.1 Å². The first-order valence-electron chi connectivity index (χ1n) is 8.98. The Balaban J connectivity index is 1.39. The van der Waals surface area contributed by atoms with Crippen LogP contribution in [-0.4, -0.2) is 34.3 Å². The summed E-state index contributed by atoms with van der Waals surface area (Å²) in [7, 11) is 0. The molecule has 1 amide bonds. The van der Waals surface area contributed by atoms with Gasteiger partial charge < -0.3 is 24.6 Å². The molecule has 1 saturated carbocycles. The fourth-order valence-corrected chi connectivity index (χ4v) is 3.82. The minimum atomic E-state index is -0.466. The number of fused-ring (bicyclic) bond motifs is 1. The van der Waals surface area contributed by atoms with E-state index in [0.29, 0.717) is 35.3 Å². The van der Waals surface area contributed by atoms with Crippen molar-refractivity contribution in [3.63, 3.8) is 0 Å². The molecule has 26 heavy (non-hydrogen) atoms. The molecule has 2 aliphatic heterocycles. The number of carbonyl (C=O) groups is 1. The van der Waals surface area contributed by atoms with Crippen LogP contribution in [0.15, 0.2) is 22.7 Å². The van der Waals surface area contributed by atoms with Crippen molar-refractivity contribution < 1.29 is 18.8 Å². The number of rotatable bonds is 3. The van der Waals surface area contributed by atoms with Gasteiger partial charge in [-0.15, -0.1) is 0 Å². The molecular formula is C18H20N4O4. The van der Waals surface area contributed by atoms with E-state index in [1.807, 2.05) is 0 Å². The van der Waals surface area contributed by atoms with E-state index < -0.39 is 5.54 Å². The highest BCUT2D eigenvalue weighted by Crippen LogP contribution is 2.39. The van der Waals surface area contributed by atoms with Crippen LogP contribution in [0.4, 0.5) is 0 Å². The number of nitrogens with zero attached hydrogens (tertiary/aromatic N) is 3. The number of ether oxygens (including phenoxy) is 2. The summed E-state index contributed by atoms with van der Waals surface area (Å²) in [6.07, 6.45) is 4.52. The molecule has 1 aromatic carbocycles. The third-order valence-electron chi connectivity index (χ3n) is 5.55. The van der Waals surface area contributed by atoms with Gasteiger partial charge in [0.15, 0.2) is 17.3 Å². The number of carbonyl (C=O) groups excluding carboxylic acids is 1. The van der Waals surface area contributed by atoms with E-state index in [4.69, 9.17) is 19.7 Å². The van der Waals surface area contributed by atoms with Crippen molar-refractivity contribution in [1.29, 1.82) is 0 Å². The second-order valence-electron chi connectivity index (χ2n) is 7.19. The Morgan fingerprint density at radius 1 is 1.23 bits per heavy atom. The molecule has 2 fully saturated rings. The summed E-state index contributed by atoms with van der Waals surface area (Å²) in [5.41, 5.74) is 6.38. The highest BCUT2D eigenvalue weighted by molar-refractivity contribution is 5.95. The monoisotopic (exact) mass is 356 g/mol. The fraction of sp³-hybridized carbons (Fsp3) is 0.500. The normalized spacial score (nSPS) is 23.1. The van der Waals surface area contributed by atoms with Gasteiger partial charge in [-0.3, -0.25) is 4.79 Å². The largest absolute Gasteiger partial charge is 0.454 e. The summed E-state index contributed by atoms with van der Waals surface area (Å²) in [6.45, 7) is 0.842. The number of hydrogen-bond donors (Lipinski definition) is 1. The summed E-state index contributed by atoms with van der Waals surface area (Å²) < 4.78 is 16.2. The molecule has 1 aromatic heterocycles. The molecule has 8 nitrogen and oxygen atoms in total. The van der Waals surface area contributed by atoms with E-state index in [1.165, 1.54) is 0 Å². The molecule has 0 radical (unpaired) electrons. The van der Waals surface area contributed by atoms with Crippen molar-refractivity contribution in [2.45, 2.75) is 43.7 Å². The topological polar surface area (TPSA) is 104 Å². The Kier molecular flexibility index (Phi) is 3.43. The zero-order valence-corrected chi connectivity index (χ0v) is 14.3. The molecule has 1 unspecified atom stereocenters. The molecule has 3 heterocycles. The number of nitrogens with two attached hydrogens (primary N) is 1. The number of amides is 1. The van der Waals surface area contributed by atoms with E-state index >= 15 is 0 Å². The standard InChI is InChI=1S/C18H20N4O4/c19-18(6-2-7-18)17-20-15(26-21-17)12-3-1-8-22(12)16(23)11-4-5-13-14(9-11)25-10-24-13/h4-5,9,12H,1-3,6-8,10,19H2. The van der Waals surface area contributed by atoms with E-state index in [0.717, 1.165) is 32.1 Å². The van der Waals surface area contributed by atoms with Crippen molar-refractivity contribution in [1.82, 2.24) is 15.0 Å². The van der Waals surface area contributed by atoms with Gasteiger partial charge in [0.2, 0.25) is 12.7 Å². The van der Waals surface area contributed by atoms with Gasteiger partial charge >= 0.3 is 0 Å². The van der Waals surface area contributed by atoms with Crippen molar-refractivity contribution in [3.8, 4) is 11.5 Å². The Labute approximate surface area is 150 Å². The van der Waals surface area contributed by atoms with Crippen molar-refractivity contribution in [3.05, 3.63) is 35.5 Å². The minimum absolute atomic E-state index is 0.0725. The van der Waals surface area contributed by atoms with Gasteiger partial charge in [0.25, 0.3) is 5.91 Å². The summed E-state index contributed by atoms with van der Waals surface area (Å²) in [6, 6.07) is 5.04. The highest BCUT2D eigenvalue weighted by atomic mass is 16.7. The molecule has 1 aliphatic carbocycles. The predicted octanol–water partition coefficient (Wildman–Crippen LogP) is 2.11. The molecule has 2 aromatic rings. The molecule has 8 heteroatoms. The first kappa shape index (κ1) is 15.6. The molecule has 3 aliphatic rings. The van der Waals surface area contributed by atoms with Crippen LogP contribution in [0, 0.1) is 0 Å². The Hall–Kier alpha value is -2.61. The van der Waals surface area contributed by atoms with Gasteiger partial charge in [0.05, 0.1) is 5.54 Å². The van der Waals surface area contributed by atoms with Crippen molar-refractivity contribution >= 4 is 5.91 Å². The zero-order chi connectivity index (χ0) is 17.7. The first-order valence-corrected chi connectivity index (χ1v) is 8.98. The van der Waals surface area contributed by atoms with Crippen molar-refractivity contribution in [2.24, 2.45) is 5.73 Å². The fourth-order valence-electron chi connectivity index (χ4n) is 3.82. The predicted molar refractivity (Wildman–Crippen MR) is 89.6 cm³/mol. The molecule has 136 valence electrons. The van der Waals surface area contributed by atoms with Gasteiger partial charge in [0.1, 0.15) is 6.04 Å². The van der Waals surface area contributed by atoms with Crippen LogP contribution in [0.1, 0.15) is 60.2 Å². The Bertz CT molecular complexity index is 861. The van der Waals surface area contributed by atoms with Gasteiger partial charge in [-0.05, 0) is 50.3 Å². The van der Waals surface area contributed by atoms with Crippen LogP contribution >= 0.6 is 0 Å². The van der Waals surface area contributed by atoms with Crippen LogP contribution in [0.3, 0.4) is 0 Å². The third kappa shape index (κ3) is 2.36. The van der Waals surface area contributed by atoms with Gasteiger partial charge in [0, 0.05) is 12.1 Å². The number of likely N-dealkylation sites (tertiary alicyclic amines) is 1. The summed E-state index contributed by atoms with van der Waals surface area (Å²) in [5, 5.41) is 4.08. The highest BCUT2D eigenvalue weighted by Gasteiger charge is 2.41. The molecule has 1 saturated heterocycles. The summed E-state index contributed by atoms with van der Waals surface area (Å²) in [4.78, 5) is 19.3. The lowest BCUT2D eigenvalue weighted by molar-refractivity contribution is 0.0709. The minimum Gasteiger partial charge on any atom is -0.454 e. The lowest BCUT2D eigenvalue weighted by atomic mass is 9.77. The summed E-state index contributed by atoms with van der Waals surface area (Å²) in [5.74, 6) is 2.22. The molecule has 0 bridgehead atoms. The maximum absolute atomic E-state index is 13.0. The number of hydrogen-bond acceptors (Lipinski definition) is 7. The maximum atomic E-state index is 13.0. The average Bonchev–Trinajstić information content (AvgIpc) is 3.37. The Morgan fingerprint density at radius 2 is 2.08 bits per heavy atom. The number of benzene rings is 1. The lowest BCUT2D eigenvalue weighted by Gasteiger charge is -2.34. The number of aromatic nitrogens is 2. The third-order valence-corrected chi connectivity index (χ3v) is 5.55. The van der Waals surface area contributed by atoms with Gasteiger partial charge in [-0.2, -0.15) is 4.98 Å². The van der Waals surface area contributed by atoms with Gasteiger partial charge in [-0.1, -0.05) is 5.16 Å². The van der Waals surface area contributed by atoms with E-state index in [2.05, 4.69) is 10.1 Å². The van der Waals surface area contributed by atoms with E-state index in [9.17, 15) is 4.79 Å². The van der Waals surface area contributed by atoms with Crippen LogP contribution in [0.2, 0.25) is 0 Å². The molecule has 2 N–H and O–H groups in total. The van der Waals surface area contributed by atoms with Crippen LogP contribution in [-0.2, 0) is 5.54 Å².